The summed E-state index contributed by atoms with van der Waals surface area (Å²) in [5.41, 5.74) is 3.07. The van der Waals surface area contributed by atoms with Crippen LogP contribution in [0.5, 0.6) is 5.75 Å². The van der Waals surface area contributed by atoms with Crippen molar-refractivity contribution in [2.75, 3.05) is 6.61 Å². The van der Waals surface area contributed by atoms with Crippen LogP contribution in [0.25, 0.3) is 11.8 Å². The fraction of sp³-hybridized carbons (Fsp3) is 0.114. The fourth-order valence-electron chi connectivity index (χ4n) is 5.03. The van der Waals surface area contributed by atoms with Crippen molar-refractivity contribution >= 4 is 29.1 Å². The third kappa shape index (κ3) is 5.69. The largest absolute Gasteiger partial charge is 0.488 e. The first-order valence-corrected chi connectivity index (χ1v) is 14.7. The molecule has 6 rings (SSSR count). The molecule has 2 heterocycles. The van der Waals surface area contributed by atoms with Crippen molar-refractivity contribution in [3.63, 3.8) is 0 Å². The topological polar surface area (TPSA) is 69.9 Å². The average Bonchev–Trinajstić information content (AvgIpc) is 3.35. The Morgan fingerprint density at radius 2 is 1.60 bits per heavy atom. The predicted molar refractivity (Wildman–Crippen MR) is 165 cm³/mol. The Bertz CT molecular complexity index is 2000. The SMILES string of the molecule is CCOC(=O)C1=C(c2ccccc2)N=c2s/c(=C\c3ccccc3OCc3ccccc3F)c(=O)n2[C@H]1c1ccccc1. The third-order valence-corrected chi connectivity index (χ3v) is 8.02. The van der Waals surface area contributed by atoms with Crippen LogP contribution in [0, 0.1) is 5.82 Å². The van der Waals surface area contributed by atoms with Gasteiger partial charge in [-0.25, -0.2) is 14.2 Å². The molecular weight excluding hydrogens is 563 g/mol. The molecule has 0 unspecified atom stereocenters. The number of benzene rings is 4. The molecular formula is C35H27FN2O4S. The van der Waals surface area contributed by atoms with Gasteiger partial charge in [0.1, 0.15) is 18.2 Å². The van der Waals surface area contributed by atoms with Gasteiger partial charge in [-0.05, 0) is 30.7 Å². The van der Waals surface area contributed by atoms with E-state index in [0.717, 1.165) is 11.1 Å². The average molecular weight is 591 g/mol. The van der Waals surface area contributed by atoms with Crippen LogP contribution < -0.4 is 19.6 Å². The van der Waals surface area contributed by atoms with Crippen molar-refractivity contribution < 1.29 is 18.7 Å². The van der Waals surface area contributed by atoms with E-state index in [4.69, 9.17) is 14.5 Å². The molecule has 0 aliphatic carbocycles. The van der Waals surface area contributed by atoms with E-state index >= 15 is 0 Å². The summed E-state index contributed by atoms with van der Waals surface area (Å²) in [7, 11) is 0. The molecule has 5 aromatic rings. The Morgan fingerprint density at radius 3 is 2.35 bits per heavy atom. The molecule has 4 aromatic carbocycles. The number of rotatable bonds is 8. The lowest BCUT2D eigenvalue weighted by molar-refractivity contribution is -0.138. The van der Waals surface area contributed by atoms with E-state index in [2.05, 4.69) is 0 Å². The fourth-order valence-corrected chi connectivity index (χ4v) is 6.03. The van der Waals surface area contributed by atoms with Gasteiger partial charge in [0.25, 0.3) is 5.56 Å². The van der Waals surface area contributed by atoms with Crippen molar-refractivity contribution in [3.8, 4) is 5.75 Å². The van der Waals surface area contributed by atoms with Crippen molar-refractivity contribution in [1.29, 1.82) is 0 Å². The monoisotopic (exact) mass is 590 g/mol. The van der Waals surface area contributed by atoms with Crippen LogP contribution in [0.15, 0.2) is 125 Å². The van der Waals surface area contributed by atoms with E-state index in [0.29, 0.717) is 37.5 Å². The number of hydrogen-bond donors (Lipinski definition) is 0. The number of carbonyl (C=O) groups is 1. The van der Waals surface area contributed by atoms with Crippen LogP contribution in [0.4, 0.5) is 4.39 Å². The summed E-state index contributed by atoms with van der Waals surface area (Å²) in [6.45, 7) is 1.97. The summed E-state index contributed by atoms with van der Waals surface area (Å²) in [5, 5.41) is 0. The summed E-state index contributed by atoms with van der Waals surface area (Å²) < 4.78 is 27.7. The third-order valence-electron chi connectivity index (χ3n) is 7.04. The molecule has 43 heavy (non-hydrogen) atoms. The van der Waals surface area contributed by atoms with Crippen molar-refractivity contribution in [2.24, 2.45) is 4.99 Å². The Morgan fingerprint density at radius 1 is 0.930 bits per heavy atom. The highest BCUT2D eigenvalue weighted by molar-refractivity contribution is 7.07. The molecule has 0 bridgehead atoms. The van der Waals surface area contributed by atoms with Gasteiger partial charge in [0.15, 0.2) is 4.80 Å². The van der Waals surface area contributed by atoms with E-state index in [9.17, 15) is 14.0 Å². The van der Waals surface area contributed by atoms with Crippen molar-refractivity contribution in [2.45, 2.75) is 19.6 Å². The van der Waals surface area contributed by atoms with Crippen LogP contribution in [0.2, 0.25) is 0 Å². The number of aromatic nitrogens is 1. The standard InChI is InChI=1S/C35H27FN2O4S/c1-2-41-34(40)30-31(23-13-5-3-6-14-23)37-35-38(32(30)24-15-7-4-8-16-24)33(39)29(43-35)21-25-17-10-12-20-28(25)42-22-26-18-9-11-19-27(26)36/h3-21,32H,2,22H2,1H3/b29-21-/t32-/m0/s1. The lowest BCUT2D eigenvalue weighted by Crippen LogP contribution is -2.40. The molecule has 6 nitrogen and oxygen atoms in total. The number of esters is 1. The molecule has 214 valence electrons. The number of nitrogens with zero attached hydrogens (tertiary/aromatic N) is 2. The minimum atomic E-state index is -0.749. The second-order valence-corrected chi connectivity index (χ2v) is 10.8. The zero-order valence-electron chi connectivity index (χ0n) is 23.3. The second-order valence-electron chi connectivity index (χ2n) is 9.76. The number of carbonyl (C=O) groups excluding carboxylic acids is 1. The van der Waals surface area contributed by atoms with Crippen LogP contribution >= 0.6 is 11.3 Å². The highest BCUT2D eigenvalue weighted by Gasteiger charge is 2.35. The summed E-state index contributed by atoms with van der Waals surface area (Å²) >= 11 is 1.23. The van der Waals surface area contributed by atoms with Gasteiger partial charge >= 0.3 is 5.97 Å². The number of fused-ring (bicyclic) bond motifs is 1. The Balaban J connectivity index is 1.52. The molecule has 0 saturated heterocycles. The van der Waals surface area contributed by atoms with Gasteiger partial charge < -0.3 is 9.47 Å². The minimum absolute atomic E-state index is 0.0378. The summed E-state index contributed by atoms with van der Waals surface area (Å²) in [6.07, 6.45) is 1.75. The number of hydrogen-bond acceptors (Lipinski definition) is 6. The van der Waals surface area contributed by atoms with Gasteiger partial charge in [-0.3, -0.25) is 9.36 Å². The van der Waals surface area contributed by atoms with Gasteiger partial charge in [-0.2, -0.15) is 0 Å². The molecule has 0 fully saturated rings. The number of halogens is 1. The maximum atomic E-state index is 14.2. The molecule has 8 heteroatoms. The van der Waals surface area contributed by atoms with Gasteiger partial charge in [-0.15, -0.1) is 0 Å². The van der Waals surface area contributed by atoms with Gasteiger partial charge in [0.2, 0.25) is 0 Å². The van der Waals surface area contributed by atoms with Gasteiger partial charge in [0, 0.05) is 16.7 Å². The smallest absolute Gasteiger partial charge is 0.338 e. The van der Waals surface area contributed by atoms with Crippen LogP contribution in [-0.2, 0) is 16.1 Å². The maximum Gasteiger partial charge on any atom is 0.338 e. The van der Waals surface area contributed by atoms with Gasteiger partial charge in [0.05, 0.1) is 28.5 Å². The van der Waals surface area contributed by atoms with Crippen LogP contribution in [-0.4, -0.2) is 17.1 Å². The quantitative estimate of drug-likeness (QED) is 0.219. The second kappa shape index (κ2) is 12.4. The molecule has 1 aliphatic heterocycles. The van der Waals surface area contributed by atoms with E-state index in [1.165, 1.54) is 17.4 Å². The minimum Gasteiger partial charge on any atom is -0.488 e. The van der Waals surface area contributed by atoms with E-state index in [-0.39, 0.29) is 24.6 Å². The zero-order valence-corrected chi connectivity index (χ0v) is 24.1. The van der Waals surface area contributed by atoms with E-state index < -0.39 is 12.0 Å². The highest BCUT2D eigenvalue weighted by Crippen LogP contribution is 2.35. The molecule has 1 atom stereocenters. The first-order valence-electron chi connectivity index (χ1n) is 13.8. The first kappa shape index (κ1) is 28.1. The molecule has 1 aromatic heterocycles. The Kier molecular flexibility index (Phi) is 8.11. The first-order chi connectivity index (χ1) is 21.0. The lowest BCUT2D eigenvalue weighted by Gasteiger charge is -2.25. The van der Waals surface area contributed by atoms with Gasteiger partial charge in [-0.1, -0.05) is 108 Å². The van der Waals surface area contributed by atoms with Crippen LogP contribution in [0.1, 0.15) is 35.2 Å². The summed E-state index contributed by atoms with van der Waals surface area (Å²) in [5.74, 6) is -0.366. The Hall–Kier alpha value is -5.08. The lowest BCUT2D eigenvalue weighted by atomic mass is 9.93. The van der Waals surface area contributed by atoms with Crippen molar-refractivity contribution in [1.82, 2.24) is 4.57 Å². The molecule has 1 aliphatic rings. The predicted octanol–water partition coefficient (Wildman–Crippen LogP) is 5.65. The highest BCUT2D eigenvalue weighted by atomic mass is 32.1. The Labute approximate surface area is 251 Å². The number of para-hydroxylation sites is 1. The van der Waals surface area contributed by atoms with E-state index in [1.807, 2.05) is 78.9 Å². The normalized spacial score (nSPS) is 14.7. The number of thiazole rings is 1. The van der Waals surface area contributed by atoms with Crippen molar-refractivity contribution in [3.05, 3.63) is 163 Å². The van der Waals surface area contributed by atoms with Crippen LogP contribution in [0.3, 0.4) is 0 Å². The summed E-state index contributed by atoms with van der Waals surface area (Å²) in [4.78, 5) is 33.0. The molecule has 0 N–H and O–H groups in total. The molecule has 0 amide bonds. The molecule has 0 radical (unpaired) electrons. The number of ether oxygens (including phenoxy) is 2. The summed E-state index contributed by atoms with van der Waals surface area (Å²) in [6, 6.07) is 31.8. The van der Waals surface area contributed by atoms with E-state index in [1.54, 1.807) is 41.8 Å². The zero-order chi connectivity index (χ0) is 29.8. The molecule has 0 spiro atoms. The maximum absolute atomic E-state index is 14.2. The molecule has 0 saturated carbocycles.